The molecular weight excluding hydrogens is 309 g/mol. The number of rotatable bonds is 6. The summed E-state index contributed by atoms with van der Waals surface area (Å²) < 4.78 is 50.9. The molecule has 118 valence electrons. The van der Waals surface area contributed by atoms with Crippen LogP contribution in [0, 0.1) is 5.82 Å². The van der Waals surface area contributed by atoms with Gasteiger partial charge in [-0.05, 0) is 37.3 Å². The monoisotopic (exact) mass is 325 g/mol. The van der Waals surface area contributed by atoms with Gasteiger partial charge in [0.15, 0.2) is 11.6 Å². The van der Waals surface area contributed by atoms with E-state index in [0.29, 0.717) is 18.0 Å². The van der Waals surface area contributed by atoms with Crippen LogP contribution in [0.25, 0.3) is 0 Å². The number of methoxy groups -OCH3 is 1. The summed E-state index contributed by atoms with van der Waals surface area (Å²) >= 11 is 0. The van der Waals surface area contributed by atoms with Crippen LogP contribution in [0.15, 0.2) is 47.4 Å². The summed E-state index contributed by atoms with van der Waals surface area (Å²) in [6.07, 6.45) is 0. The van der Waals surface area contributed by atoms with E-state index in [1.54, 1.807) is 31.2 Å². The van der Waals surface area contributed by atoms with E-state index in [2.05, 4.69) is 4.72 Å². The summed E-state index contributed by atoms with van der Waals surface area (Å²) in [5.41, 5.74) is 0.292. The zero-order chi connectivity index (χ0) is 16.2. The Balaban J connectivity index is 2.34. The molecule has 0 heterocycles. The van der Waals surface area contributed by atoms with Gasteiger partial charge in [0.05, 0.1) is 24.3 Å². The second-order valence-corrected chi connectivity index (χ2v) is 6.01. The van der Waals surface area contributed by atoms with Crippen molar-refractivity contribution in [3.05, 3.63) is 48.3 Å². The van der Waals surface area contributed by atoms with E-state index < -0.39 is 15.8 Å². The van der Waals surface area contributed by atoms with Crippen LogP contribution in [0.2, 0.25) is 0 Å². The minimum absolute atomic E-state index is 0.0198. The van der Waals surface area contributed by atoms with Gasteiger partial charge in [0.2, 0.25) is 0 Å². The van der Waals surface area contributed by atoms with Crippen molar-refractivity contribution in [2.24, 2.45) is 0 Å². The fourth-order valence-electron chi connectivity index (χ4n) is 1.85. The Morgan fingerprint density at radius 3 is 2.50 bits per heavy atom. The molecule has 0 aromatic heterocycles. The fraction of sp³-hybridized carbons (Fsp3) is 0.200. The molecule has 0 bridgehead atoms. The minimum atomic E-state index is -3.93. The van der Waals surface area contributed by atoms with Crippen LogP contribution < -0.4 is 14.2 Å². The molecule has 0 saturated carbocycles. The number of sulfonamides is 1. The minimum Gasteiger partial charge on any atom is -0.494 e. The van der Waals surface area contributed by atoms with Gasteiger partial charge >= 0.3 is 0 Å². The molecule has 2 rings (SSSR count). The molecule has 0 aliphatic carbocycles. The number of anilines is 1. The average Bonchev–Trinajstić information content (AvgIpc) is 2.49. The number of nitrogens with one attached hydrogen (secondary N) is 1. The maximum Gasteiger partial charge on any atom is 0.262 e. The van der Waals surface area contributed by atoms with Crippen LogP contribution in [0.4, 0.5) is 10.1 Å². The Hall–Kier alpha value is -2.28. The Kier molecular flexibility index (Phi) is 4.87. The predicted molar refractivity (Wildman–Crippen MR) is 81.4 cm³/mol. The molecule has 0 unspecified atom stereocenters. The molecule has 2 aromatic carbocycles. The molecule has 7 heteroatoms. The molecule has 0 atom stereocenters. The summed E-state index contributed by atoms with van der Waals surface area (Å²) in [5, 5.41) is 0. The maximum atomic E-state index is 13.7. The van der Waals surface area contributed by atoms with E-state index >= 15 is 0 Å². The van der Waals surface area contributed by atoms with Crippen LogP contribution in [0.5, 0.6) is 11.5 Å². The lowest BCUT2D eigenvalue weighted by Crippen LogP contribution is -2.14. The molecule has 0 aliphatic heterocycles. The topological polar surface area (TPSA) is 64.6 Å². The Morgan fingerprint density at radius 1 is 1.14 bits per heavy atom. The van der Waals surface area contributed by atoms with Gasteiger partial charge in [-0.2, -0.15) is 0 Å². The molecule has 0 amide bonds. The summed E-state index contributed by atoms with van der Waals surface area (Å²) in [5.74, 6) is -0.361. The zero-order valence-electron chi connectivity index (χ0n) is 12.2. The molecule has 1 N–H and O–H groups in total. The molecule has 0 radical (unpaired) electrons. The van der Waals surface area contributed by atoms with Crippen LogP contribution in [-0.2, 0) is 10.0 Å². The second kappa shape index (κ2) is 6.65. The number of halogens is 1. The highest BCUT2D eigenvalue weighted by Crippen LogP contribution is 2.27. The summed E-state index contributed by atoms with van der Waals surface area (Å²) in [6.45, 7) is 2.19. The van der Waals surface area contributed by atoms with Gasteiger partial charge in [-0.3, -0.25) is 4.72 Å². The quantitative estimate of drug-likeness (QED) is 0.886. The number of benzene rings is 2. The standard InChI is InChI=1S/C15H16FNO4S/c1-3-21-15-7-5-4-6-13(15)17-22(18,19)11-8-9-14(20-2)12(16)10-11/h4-10,17H,3H2,1-2H3. The van der Waals surface area contributed by atoms with Crippen LogP contribution in [0.1, 0.15) is 6.92 Å². The molecule has 0 aliphatic rings. The highest BCUT2D eigenvalue weighted by Gasteiger charge is 2.18. The maximum absolute atomic E-state index is 13.7. The normalized spacial score (nSPS) is 11.0. The van der Waals surface area contributed by atoms with Gasteiger partial charge in [0, 0.05) is 0 Å². The third-order valence-electron chi connectivity index (χ3n) is 2.86. The number of hydrogen-bond acceptors (Lipinski definition) is 4. The first-order chi connectivity index (χ1) is 10.5. The first-order valence-corrected chi connectivity index (χ1v) is 8.04. The van der Waals surface area contributed by atoms with Crippen LogP contribution >= 0.6 is 0 Å². The van der Waals surface area contributed by atoms with E-state index in [9.17, 15) is 12.8 Å². The third kappa shape index (κ3) is 3.48. The molecule has 0 saturated heterocycles. The molecule has 5 nitrogen and oxygen atoms in total. The van der Waals surface area contributed by atoms with E-state index in [0.717, 1.165) is 6.07 Å². The lowest BCUT2D eigenvalue weighted by molar-refractivity contribution is 0.342. The van der Waals surface area contributed by atoms with Crippen LogP contribution in [-0.4, -0.2) is 22.1 Å². The van der Waals surface area contributed by atoms with E-state index in [-0.39, 0.29) is 10.6 Å². The van der Waals surface area contributed by atoms with E-state index in [1.807, 2.05) is 0 Å². The average molecular weight is 325 g/mol. The van der Waals surface area contributed by atoms with Crippen molar-refractivity contribution >= 4 is 15.7 Å². The molecule has 2 aromatic rings. The second-order valence-electron chi connectivity index (χ2n) is 4.33. The van der Waals surface area contributed by atoms with Gasteiger partial charge in [0.1, 0.15) is 5.75 Å². The Morgan fingerprint density at radius 2 is 1.86 bits per heavy atom. The zero-order valence-corrected chi connectivity index (χ0v) is 13.0. The van der Waals surface area contributed by atoms with Crippen molar-refractivity contribution in [3.8, 4) is 11.5 Å². The lowest BCUT2D eigenvalue weighted by atomic mass is 10.3. The molecule has 22 heavy (non-hydrogen) atoms. The molecular formula is C15H16FNO4S. The SMILES string of the molecule is CCOc1ccccc1NS(=O)(=O)c1ccc(OC)c(F)c1. The van der Waals surface area contributed by atoms with Crippen LogP contribution in [0.3, 0.4) is 0 Å². The summed E-state index contributed by atoms with van der Waals surface area (Å²) in [6, 6.07) is 10.1. The van der Waals surface area contributed by atoms with Gasteiger partial charge < -0.3 is 9.47 Å². The van der Waals surface area contributed by atoms with Crippen molar-refractivity contribution in [3.63, 3.8) is 0 Å². The number of ether oxygens (including phenoxy) is 2. The van der Waals surface area contributed by atoms with Gasteiger partial charge in [-0.25, -0.2) is 12.8 Å². The van der Waals surface area contributed by atoms with Crippen molar-refractivity contribution in [2.75, 3.05) is 18.4 Å². The first-order valence-electron chi connectivity index (χ1n) is 6.56. The van der Waals surface area contributed by atoms with E-state index in [1.165, 1.54) is 19.2 Å². The molecule has 0 fully saturated rings. The fourth-order valence-corrected chi connectivity index (χ4v) is 2.93. The van der Waals surface area contributed by atoms with Gasteiger partial charge in [-0.1, -0.05) is 12.1 Å². The van der Waals surface area contributed by atoms with Gasteiger partial charge in [-0.15, -0.1) is 0 Å². The van der Waals surface area contributed by atoms with Crippen molar-refractivity contribution in [2.45, 2.75) is 11.8 Å². The highest BCUT2D eigenvalue weighted by atomic mass is 32.2. The summed E-state index contributed by atoms with van der Waals surface area (Å²) in [4.78, 5) is -0.197. The lowest BCUT2D eigenvalue weighted by Gasteiger charge is -2.13. The van der Waals surface area contributed by atoms with E-state index in [4.69, 9.17) is 9.47 Å². The smallest absolute Gasteiger partial charge is 0.262 e. The summed E-state index contributed by atoms with van der Waals surface area (Å²) in [7, 11) is -2.62. The van der Waals surface area contributed by atoms with Crippen molar-refractivity contribution in [1.29, 1.82) is 0 Å². The number of hydrogen-bond donors (Lipinski definition) is 1. The first kappa shape index (κ1) is 16.1. The highest BCUT2D eigenvalue weighted by molar-refractivity contribution is 7.92. The Labute approximate surface area is 128 Å². The van der Waals surface area contributed by atoms with Crippen molar-refractivity contribution < 1.29 is 22.3 Å². The Bertz CT molecular complexity index is 762. The predicted octanol–water partition coefficient (Wildman–Crippen LogP) is 3.03. The van der Waals surface area contributed by atoms with Crippen molar-refractivity contribution in [1.82, 2.24) is 0 Å². The number of para-hydroxylation sites is 2. The third-order valence-corrected chi connectivity index (χ3v) is 4.23. The largest absolute Gasteiger partial charge is 0.494 e. The van der Waals surface area contributed by atoms with Gasteiger partial charge in [0.25, 0.3) is 10.0 Å². The molecule has 0 spiro atoms.